The summed E-state index contributed by atoms with van der Waals surface area (Å²) < 4.78 is 0. The molecule has 3 nitrogen and oxygen atoms in total. The van der Waals surface area contributed by atoms with Gasteiger partial charge < -0.3 is 10.6 Å². The molecule has 0 aliphatic heterocycles. The van der Waals surface area contributed by atoms with Crippen molar-refractivity contribution >= 4 is 5.91 Å². The highest BCUT2D eigenvalue weighted by Gasteiger charge is 2.13. The standard InChI is InChI=1S/C12H22N2O/c1-2-9-13-10-12(15)14-11-7-5-3-4-6-8-11/h2,11,13H,1,3-10H2,(H,14,15). The van der Waals surface area contributed by atoms with E-state index in [1.807, 2.05) is 0 Å². The summed E-state index contributed by atoms with van der Waals surface area (Å²) in [4.78, 5) is 11.5. The van der Waals surface area contributed by atoms with Gasteiger partial charge in [-0.1, -0.05) is 31.8 Å². The minimum absolute atomic E-state index is 0.115. The third-order valence-corrected chi connectivity index (χ3v) is 2.79. The maximum absolute atomic E-state index is 11.5. The average molecular weight is 210 g/mol. The third-order valence-electron chi connectivity index (χ3n) is 2.79. The Balaban J connectivity index is 2.14. The zero-order valence-corrected chi connectivity index (χ0v) is 9.43. The predicted molar refractivity (Wildman–Crippen MR) is 62.7 cm³/mol. The normalized spacial score (nSPS) is 18.1. The molecule has 86 valence electrons. The highest BCUT2D eigenvalue weighted by Crippen LogP contribution is 2.16. The summed E-state index contributed by atoms with van der Waals surface area (Å²) in [5, 5.41) is 6.09. The van der Waals surface area contributed by atoms with Crippen LogP contribution in [0.4, 0.5) is 0 Å². The number of hydrogen-bond donors (Lipinski definition) is 2. The van der Waals surface area contributed by atoms with E-state index in [-0.39, 0.29) is 5.91 Å². The molecule has 1 amide bonds. The van der Waals surface area contributed by atoms with Crippen LogP contribution in [0.3, 0.4) is 0 Å². The first-order valence-corrected chi connectivity index (χ1v) is 5.94. The molecule has 2 N–H and O–H groups in total. The van der Waals surface area contributed by atoms with Crippen molar-refractivity contribution in [2.24, 2.45) is 0 Å². The fraction of sp³-hybridized carbons (Fsp3) is 0.750. The van der Waals surface area contributed by atoms with Gasteiger partial charge in [-0.25, -0.2) is 0 Å². The van der Waals surface area contributed by atoms with Crippen molar-refractivity contribution in [2.75, 3.05) is 13.1 Å². The smallest absolute Gasteiger partial charge is 0.234 e. The lowest BCUT2D eigenvalue weighted by Gasteiger charge is -2.16. The fourth-order valence-corrected chi connectivity index (χ4v) is 1.99. The van der Waals surface area contributed by atoms with Crippen LogP contribution >= 0.6 is 0 Å². The van der Waals surface area contributed by atoms with E-state index in [4.69, 9.17) is 0 Å². The largest absolute Gasteiger partial charge is 0.352 e. The van der Waals surface area contributed by atoms with E-state index in [1.54, 1.807) is 6.08 Å². The maximum atomic E-state index is 11.5. The molecule has 0 saturated heterocycles. The van der Waals surface area contributed by atoms with E-state index < -0.39 is 0 Å². The molecule has 0 unspecified atom stereocenters. The molecule has 0 aromatic rings. The van der Waals surface area contributed by atoms with Gasteiger partial charge in [-0.15, -0.1) is 6.58 Å². The van der Waals surface area contributed by atoms with Crippen LogP contribution in [0.25, 0.3) is 0 Å². The summed E-state index contributed by atoms with van der Waals surface area (Å²) >= 11 is 0. The van der Waals surface area contributed by atoms with Gasteiger partial charge in [-0.05, 0) is 12.8 Å². The molecule has 1 rings (SSSR count). The number of rotatable bonds is 5. The van der Waals surface area contributed by atoms with Crippen LogP contribution in [0, 0.1) is 0 Å². The zero-order valence-electron chi connectivity index (χ0n) is 9.43. The molecule has 0 bridgehead atoms. The van der Waals surface area contributed by atoms with E-state index in [9.17, 15) is 4.79 Å². The van der Waals surface area contributed by atoms with E-state index in [0.717, 1.165) is 12.8 Å². The molecule has 0 aromatic carbocycles. The Hall–Kier alpha value is -0.830. The van der Waals surface area contributed by atoms with E-state index in [0.29, 0.717) is 19.1 Å². The van der Waals surface area contributed by atoms with Crippen LogP contribution in [-0.4, -0.2) is 25.0 Å². The predicted octanol–water partition coefficient (Wildman–Crippen LogP) is 1.60. The third kappa shape index (κ3) is 5.57. The number of nitrogens with one attached hydrogen (secondary N) is 2. The molecule has 1 aliphatic carbocycles. The van der Waals surface area contributed by atoms with Gasteiger partial charge in [0.25, 0.3) is 0 Å². The molecule has 0 radical (unpaired) electrons. The molecule has 0 spiro atoms. The quantitative estimate of drug-likeness (QED) is 0.411. The van der Waals surface area contributed by atoms with E-state index in [1.165, 1.54) is 25.7 Å². The lowest BCUT2D eigenvalue weighted by atomic mass is 10.1. The van der Waals surface area contributed by atoms with Gasteiger partial charge in [0.1, 0.15) is 0 Å². The van der Waals surface area contributed by atoms with Crippen molar-refractivity contribution in [3.05, 3.63) is 12.7 Å². The fourth-order valence-electron chi connectivity index (χ4n) is 1.99. The second-order valence-electron chi connectivity index (χ2n) is 4.18. The first kappa shape index (κ1) is 12.2. The molecule has 0 atom stereocenters. The first-order valence-electron chi connectivity index (χ1n) is 5.94. The van der Waals surface area contributed by atoms with Crippen LogP contribution < -0.4 is 10.6 Å². The Bertz CT molecular complexity index is 196. The zero-order chi connectivity index (χ0) is 10.9. The SMILES string of the molecule is C=CCNCC(=O)NC1CCCCCC1. The minimum Gasteiger partial charge on any atom is -0.352 e. The van der Waals surface area contributed by atoms with Crippen molar-refractivity contribution in [1.82, 2.24) is 10.6 Å². The molecule has 15 heavy (non-hydrogen) atoms. The molecular weight excluding hydrogens is 188 g/mol. The highest BCUT2D eigenvalue weighted by molar-refractivity contribution is 5.78. The number of carbonyl (C=O) groups excluding carboxylic acids is 1. The van der Waals surface area contributed by atoms with Crippen LogP contribution in [0.2, 0.25) is 0 Å². The summed E-state index contributed by atoms with van der Waals surface area (Å²) in [6.45, 7) is 4.69. The van der Waals surface area contributed by atoms with Gasteiger partial charge in [0.15, 0.2) is 0 Å². The molecule has 0 heterocycles. The molecule has 0 aromatic heterocycles. The monoisotopic (exact) mass is 210 g/mol. The summed E-state index contributed by atoms with van der Waals surface area (Å²) in [6, 6.07) is 0.408. The summed E-state index contributed by atoms with van der Waals surface area (Å²) in [5.74, 6) is 0.115. The second kappa shape index (κ2) is 7.46. The van der Waals surface area contributed by atoms with Crippen molar-refractivity contribution in [1.29, 1.82) is 0 Å². The molecule has 1 aliphatic rings. The Morgan fingerprint density at radius 2 is 1.93 bits per heavy atom. The van der Waals surface area contributed by atoms with Crippen LogP contribution in [0.15, 0.2) is 12.7 Å². The maximum Gasteiger partial charge on any atom is 0.234 e. The van der Waals surface area contributed by atoms with Crippen LogP contribution in [-0.2, 0) is 4.79 Å². The topological polar surface area (TPSA) is 41.1 Å². The molecule has 3 heteroatoms. The second-order valence-corrected chi connectivity index (χ2v) is 4.18. The van der Waals surface area contributed by atoms with Gasteiger partial charge in [-0.3, -0.25) is 4.79 Å². The molecule has 1 saturated carbocycles. The van der Waals surface area contributed by atoms with Crippen molar-refractivity contribution in [2.45, 2.75) is 44.6 Å². The average Bonchev–Trinajstić information content (AvgIpc) is 2.47. The Morgan fingerprint density at radius 3 is 2.53 bits per heavy atom. The van der Waals surface area contributed by atoms with Crippen molar-refractivity contribution in [3.63, 3.8) is 0 Å². The van der Waals surface area contributed by atoms with E-state index in [2.05, 4.69) is 17.2 Å². The van der Waals surface area contributed by atoms with E-state index >= 15 is 0 Å². The number of hydrogen-bond acceptors (Lipinski definition) is 2. The van der Waals surface area contributed by atoms with Crippen molar-refractivity contribution in [3.8, 4) is 0 Å². The van der Waals surface area contributed by atoms with Gasteiger partial charge in [0, 0.05) is 12.6 Å². The molecular formula is C12H22N2O. The highest BCUT2D eigenvalue weighted by atomic mass is 16.1. The summed E-state index contributed by atoms with van der Waals surface area (Å²) in [6.07, 6.45) is 9.21. The van der Waals surface area contributed by atoms with Crippen LogP contribution in [0.1, 0.15) is 38.5 Å². The van der Waals surface area contributed by atoms with Gasteiger partial charge in [0.05, 0.1) is 6.54 Å². The Morgan fingerprint density at radius 1 is 1.27 bits per heavy atom. The first-order chi connectivity index (χ1) is 7.33. The Labute approximate surface area is 92.3 Å². The lowest BCUT2D eigenvalue weighted by molar-refractivity contribution is -0.121. The minimum atomic E-state index is 0.115. The van der Waals surface area contributed by atoms with Crippen molar-refractivity contribution < 1.29 is 4.79 Å². The van der Waals surface area contributed by atoms with Gasteiger partial charge >= 0.3 is 0 Å². The van der Waals surface area contributed by atoms with Crippen LogP contribution in [0.5, 0.6) is 0 Å². The number of carbonyl (C=O) groups is 1. The van der Waals surface area contributed by atoms with Gasteiger partial charge in [0.2, 0.25) is 5.91 Å². The number of amides is 1. The lowest BCUT2D eigenvalue weighted by Crippen LogP contribution is -2.40. The molecule has 1 fully saturated rings. The Kier molecular flexibility index (Phi) is 6.09. The van der Waals surface area contributed by atoms with Gasteiger partial charge in [-0.2, -0.15) is 0 Å². The summed E-state index contributed by atoms with van der Waals surface area (Å²) in [7, 11) is 0. The summed E-state index contributed by atoms with van der Waals surface area (Å²) in [5.41, 5.74) is 0.